The molecule has 13 nitrogen and oxygen atoms in total. The molecule has 0 bridgehead atoms. The topological polar surface area (TPSA) is 182 Å². The van der Waals surface area contributed by atoms with Crippen molar-refractivity contribution >= 4 is 7.82 Å². The standard InChI is InChI=1S/C15H17N6O7P/c1-9-7-21(15(23)18-14(9)22)13-6-11(19-20-16)12(27-13)8-26-29(24,25)28-10-2-4-17-5-3-10/h2-5,7,11-13H,6,8H2,1H3,(H,24,25)(H,18,22,23)/t11?,12-,13-/m1/s1. The number of rotatable bonds is 7. The van der Waals surface area contributed by atoms with E-state index in [1.807, 2.05) is 0 Å². The second kappa shape index (κ2) is 8.60. The van der Waals surface area contributed by atoms with Crippen molar-refractivity contribution in [3.63, 3.8) is 0 Å². The summed E-state index contributed by atoms with van der Waals surface area (Å²) >= 11 is 0. The molecule has 14 heteroatoms. The predicted octanol–water partition coefficient (Wildman–Crippen LogP) is 1.40. The van der Waals surface area contributed by atoms with Crippen LogP contribution in [0.5, 0.6) is 5.75 Å². The lowest BCUT2D eigenvalue weighted by molar-refractivity contribution is -0.0264. The summed E-state index contributed by atoms with van der Waals surface area (Å²) in [7, 11) is -4.49. The maximum absolute atomic E-state index is 12.1. The van der Waals surface area contributed by atoms with E-state index in [4.69, 9.17) is 19.3 Å². The van der Waals surface area contributed by atoms with Crippen LogP contribution in [0.25, 0.3) is 10.4 Å². The Morgan fingerprint density at radius 1 is 1.48 bits per heavy atom. The van der Waals surface area contributed by atoms with Crippen molar-refractivity contribution in [3.8, 4) is 5.75 Å². The summed E-state index contributed by atoms with van der Waals surface area (Å²) < 4.78 is 28.8. The molecule has 4 atom stereocenters. The number of pyridine rings is 1. The molecule has 2 aromatic heterocycles. The first-order valence-corrected chi connectivity index (χ1v) is 9.87. The van der Waals surface area contributed by atoms with E-state index >= 15 is 0 Å². The van der Waals surface area contributed by atoms with Gasteiger partial charge in [0.1, 0.15) is 12.0 Å². The van der Waals surface area contributed by atoms with Gasteiger partial charge < -0.3 is 9.26 Å². The average Bonchev–Trinajstić information content (AvgIpc) is 3.06. The van der Waals surface area contributed by atoms with Gasteiger partial charge in [0, 0.05) is 35.5 Å². The Kier molecular flexibility index (Phi) is 6.16. The normalized spacial score (nSPS) is 23.2. The predicted molar refractivity (Wildman–Crippen MR) is 98.2 cm³/mol. The Balaban J connectivity index is 1.72. The fourth-order valence-corrected chi connectivity index (χ4v) is 3.53. The van der Waals surface area contributed by atoms with E-state index in [9.17, 15) is 19.0 Å². The molecule has 3 heterocycles. The Morgan fingerprint density at radius 3 is 2.90 bits per heavy atom. The molecule has 1 aliphatic heterocycles. The van der Waals surface area contributed by atoms with E-state index in [0.29, 0.717) is 5.56 Å². The van der Waals surface area contributed by atoms with Gasteiger partial charge in [0.05, 0.1) is 18.8 Å². The number of H-pyrrole nitrogens is 1. The van der Waals surface area contributed by atoms with Gasteiger partial charge in [0.2, 0.25) is 0 Å². The zero-order valence-electron chi connectivity index (χ0n) is 15.1. The number of nitrogens with one attached hydrogen (secondary N) is 1. The molecule has 0 amide bonds. The highest BCUT2D eigenvalue weighted by atomic mass is 31.2. The van der Waals surface area contributed by atoms with Crippen LogP contribution in [-0.2, 0) is 13.8 Å². The number of hydrogen-bond donors (Lipinski definition) is 2. The van der Waals surface area contributed by atoms with Crippen LogP contribution in [-0.4, -0.2) is 38.2 Å². The van der Waals surface area contributed by atoms with Gasteiger partial charge in [-0.3, -0.25) is 28.7 Å². The first-order chi connectivity index (χ1) is 13.8. The number of hydrogen-bond acceptors (Lipinski definition) is 8. The summed E-state index contributed by atoms with van der Waals surface area (Å²) in [6.07, 6.45) is 2.40. The highest BCUT2D eigenvalue weighted by Crippen LogP contribution is 2.44. The quantitative estimate of drug-likeness (QED) is 0.289. The van der Waals surface area contributed by atoms with Gasteiger partial charge in [0.15, 0.2) is 0 Å². The average molecular weight is 424 g/mol. The molecule has 3 rings (SSSR count). The molecular weight excluding hydrogens is 407 g/mol. The van der Waals surface area contributed by atoms with Gasteiger partial charge in [-0.05, 0) is 24.6 Å². The summed E-state index contributed by atoms with van der Waals surface area (Å²) in [5.74, 6) is 0.0814. The van der Waals surface area contributed by atoms with Gasteiger partial charge in [-0.2, -0.15) is 0 Å². The fraction of sp³-hybridized carbons (Fsp3) is 0.400. The maximum atomic E-state index is 12.1. The molecule has 29 heavy (non-hydrogen) atoms. The van der Waals surface area contributed by atoms with Crippen LogP contribution in [0, 0.1) is 6.92 Å². The number of phosphoric ester groups is 1. The molecule has 1 fully saturated rings. The van der Waals surface area contributed by atoms with Crippen molar-refractivity contribution in [2.24, 2.45) is 5.11 Å². The zero-order valence-corrected chi connectivity index (χ0v) is 16.0. The number of aromatic nitrogens is 3. The zero-order chi connectivity index (χ0) is 21.0. The summed E-state index contributed by atoms with van der Waals surface area (Å²) in [5, 5.41) is 3.60. The smallest absolute Gasteiger partial charge is 0.404 e. The Labute approximate surface area is 163 Å². The lowest BCUT2D eigenvalue weighted by Crippen LogP contribution is -2.33. The second-order valence-corrected chi connectivity index (χ2v) is 7.53. The molecule has 0 spiro atoms. The first kappa shape index (κ1) is 20.8. The van der Waals surface area contributed by atoms with Crippen LogP contribution >= 0.6 is 7.82 Å². The number of phosphoric acid groups is 1. The first-order valence-electron chi connectivity index (χ1n) is 8.38. The Bertz CT molecular complexity index is 1080. The fourth-order valence-electron chi connectivity index (χ4n) is 2.75. The third-order valence-electron chi connectivity index (χ3n) is 4.13. The number of ether oxygens (including phenoxy) is 1. The molecule has 0 radical (unpaired) electrons. The van der Waals surface area contributed by atoms with Crippen LogP contribution in [0.2, 0.25) is 0 Å². The van der Waals surface area contributed by atoms with Gasteiger partial charge in [0.25, 0.3) is 5.56 Å². The molecule has 0 aliphatic carbocycles. The highest BCUT2D eigenvalue weighted by molar-refractivity contribution is 7.47. The largest absolute Gasteiger partial charge is 0.527 e. The number of aromatic amines is 1. The highest BCUT2D eigenvalue weighted by Gasteiger charge is 2.38. The summed E-state index contributed by atoms with van der Waals surface area (Å²) in [5.41, 5.74) is 7.84. The minimum atomic E-state index is -4.49. The van der Waals surface area contributed by atoms with Crippen LogP contribution in [0.3, 0.4) is 0 Å². The molecular formula is C15H17N6O7P. The molecule has 0 aromatic carbocycles. The van der Waals surface area contributed by atoms with Crippen molar-refractivity contribution in [1.82, 2.24) is 14.5 Å². The van der Waals surface area contributed by atoms with Gasteiger partial charge in [-0.15, -0.1) is 0 Å². The molecule has 0 saturated carbocycles. The van der Waals surface area contributed by atoms with E-state index in [1.54, 1.807) is 0 Å². The number of aryl methyl sites for hydroxylation is 1. The molecule has 1 aliphatic rings. The van der Waals surface area contributed by atoms with Crippen molar-refractivity contribution in [3.05, 3.63) is 67.6 Å². The van der Waals surface area contributed by atoms with Gasteiger partial charge in [-0.25, -0.2) is 9.36 Å². The number of azide groups is 1. The minimum Gasteiger partial charge on any atom is -0.404 e. The van der Waals surface area contributed by atoms with Crippen LogP contribution < -0.4 is 15.8 Å². The van der Waals surface area contributed by atoms with Gasteiger partial charge in [-0.1, -0.05) is 5.11 Å². The van der Waals surface area contributed by atoms with E-state index in [0.717, 1.165) is 4.57 Å². The van der Waals surface area contributed by atoms with Crippen molar-refractivity contribution in [2.45, 2.75) is 31.7 Å². The molecule has 1 saturated heterocycles. The van der Waals surface area contributed by atoms with E-state index in [-0.39, 0.29) is 12.2 Å². The maximum Gasteiger partial charge on any atom is 0.527 e. The van der Waals surface area contributed by atoms with Crippen LogP contribution in [0.1, 0.15) is 18.2 Å². The lowest BCUT2D eigenvalue weighted by Gasteiger charge is -2.18. The Hall–Kier alpha value is -2.95. The van der Waals surface area contributed by atoms with Gasteiger partial charge >= 0.3 is 13.5 Å². The molecule has 2 unspecified atom stereocenters. The van der Waals surface area contributed by atoms with Crippen molar-refractivity contribution in [2.75, 3.05) is 6.61 Å². The summed E-state index contributed by atoms with van der Waals surface area (Å²) in [6.45, 7) is 1.09. The van der Waals surface area contributed by atoms with E-state index in [2.05, 4.69) is 20.0 Å². The second-order valence-electron chi connectivity index (χ2n) is 6.15. The van der Waals surface area contributed by atoms with Crippen molar-refractivity contribution < 1.29 is 23.2 Å². The van der Waals surface area contributed by atoms with E-state index in [1.165, 1.54) is 37.6 Å². The minimum absolute atomic E-state index is 0.0814. The van der Waals surface area contributed by atoms with Crippen molar-refractivity contribution in [1.29, 1.82) is 0 Å². The third kappa shape index (κ3) is 5.11. The number of nitrogens with zero attached hydrogens (tertiary/aromatic N) is 5. The Morgan fingerprint density at radius 2 is 2.21 bits per heavy atom. The van der Waals surface area contributed by atoms with Crippen LogP contribution in [0.4, 0.5) is 0 Å². The summed E-state index contributed by atoms with van der Waals surface area (Å²) in [6, 6.07) is 1.98. The van der Waals surface area contributed by atoms with Crippen LogP contribution in [0.15, 0.2) is 45.4 Å². The molecule has 2 aromatic rings. The SMILES string of the molecule is Cc1cn([C@H]2CC(N=[N+]=[N-])[C@@H](COP(=O)(O)Oc3ccncc3)O2)c(=O)[nH]c1=O. The van der Waals surface area contributed by atoms with E-state index < -0.39 is 44.1 Å². The summed E-state index contributed by atoms with van der Waals surface area (Å²) in [4.78, 5) is 42.1. The lowest BCUT2D eigenvalue weighted by atomic mass is 10.1. The molecule has 2 N–H and O–H groups in total. The molecule has 154 valence electrons. The monoisotopic (exact) mass is 424 g/mol. The third-order valence-corrected chi connectivity index (χ3v) is 5.05.